The van der Waals surface area contributed by atoms with Crippen LogP contribution in [0.2, 0.25) is 0 Å². The summed E-state index contributed by atoms with van der Waals surface area (Å²) in [5.41, 5.74) is 8.32. The first-order valence-corrected chi connectivity index (χ1v) is 10.9. The quantitative estimate of drug-likeness (QED) is 0.516. The molecule has 0 radical (unpaired) electrons. The largest absolute Gasteiger partial charge is 0.379 e. The summed E-state index contributed by atoms with van der Waals surface area (Å²) in [5.74, 6) is 1.84. The molecule has 5 nitrogen and oxygen atoms in total. The molecule has 7 heteroatoms. The molecule has 2 aromatic heterocycles. The van der Waals surface area contributed by atoms with Gasteiger partial charge in [-0.2, -0.15) is 0 Å². The van der Waals surface area contributed by atoms with Gasteiger partial charge >= 0.3 is 0 Å². The Morgan fingerprint density at radius 1 is 1.41 bits per heavy atom. The van der Waals surface area contributed by atoms with E-state index in [0.29, 0.717) is 29.2 Å². The highest BCUT2D eigenvalue weighted by atomic mass is 32.2. The number of benzene rings is 1. The number of fused-ring (bicyclic) bond motifs is 3. The van der Waals surface area contributed by atoms with Crippen LogP contribution < -0.4 is 11.3 Å². The lowest BCUT2D eigenvalue weighted by Gasteiger charge is -2.17. The molecule has 4 rings (SSSR count). The third kappa shape index (κ3) is 4.09. The number of hydrogen-bond donors (Lipinski definition) is 2. The number of aryl methyl sites for hydroxylation is 1. The van der Waals surface area contributed by atoms with E-state index >= 15 is 0 Å². The number of nitrogens with two attached hydrogens (primary N) is 1. The first-order chi connectivity index (χ1) is 13.1. The second kappa shape index (κ2) is 7.86. The van der Waals surface area contributed by atoms with E-state index in [9.17, 15) is 4.79 Å². The third-order valence-corrected chi connectivity index (χ3v) is 6.82. The molecule has 0 amide bonds. The van der Waals surface area contributed by atoms with E-state index < -0.39 is 0 Å². The Balaban J connectivity index is 1.49. The number of aromatic nitrogens is 2. The van der Waals surface area contributed by atoms with Gasteiger partial charge in [0, 0.05) is 4.88 Å². The number of nitrogens with one attached hydrogen (secondary N) is 1. The molecule has 1 aliphatic carbocycles. The van der Waals surface area contributed by atoms with Crippen LogP contribution in [0.25, 0.3) is 10.2 Å². The number of aromatic amines is 1. The topological polar surface area (TPSA) is 84.1 Å². The summed E-state index contributed by atoms with van der Waals surface area (Å²) in [6.07, 6.45) is 3.18. The van der Waals surface area contributed by atoms with Gasteiger partial charge in [0.2, 0.25) is 0 Å². The van der Waals surface area contributed by atoms with Crippen LogP contribution in [0.1, 0.15) is 35.2 Å². The normalized spacial score (nSPS) is 17.2. The summed E-state index contributed by atoms with van der Waals surface area (Å²) < 4.78 is 0. The third-order valence-electron chi connectivity index (χ3n) is 4.83. The van der Waals surface area contributed by atoms with Crippen LogP contribution in [-0.4, -0.2) is 15.1 Å². The van der Waals surface area contributed by atoms with Crippen LogP contribution in [0.15, 0.2) is 40.1 Å². The molecule has 2 heterocycles. The van der Waals surface area contributed by atoms with Gasteiger partial charge in [-0.05, 0) is 36.3 Å². The highest BCUT2D eigenvalue weighted by Crippen LogP contribution is 2.35. The Morgan fingerprint density at radius 2 is 2.22 bits per heavy atom. The van der Waals surface area contributed by atoms with Gasteiger partial charge in [-0.15, -0.1) is 11.3 Å². The van der Waals surface area contributed by atoms with Crippen molar-refractivity contribution in [3.05, 3.63) is 62.5 Å². The number of aliphatic imine (C=N–C) groups is 1. The molecule has 0 aliphatic heterocycles. The maximum Gasteiger partial charge on any atom is 0.259 e. The fraction of sp³-hybridized carbons (Fsp3) is 0.350. The van der Waals surface area contributed by atoms with Crippen LogP contribution in [0, 0.1) is 5.92 Å². The van der Waals surface area contributed by atoms with Crippen molar-refractivity contribution < 1.29 is 0 Å². The number of hydrogen-bond acceptors (Lipinski definition) is 5. The maximum atomic E-state index is 12.6. The molecule has 27 heavy (non-hydrogen) atoms. The van der Waals surface area contributed by atoms with Crippen molar-refractivity contribution in [1.82, 2.24) is 9.97 Å². The predicted molar refractivity (Wildman–Crippen MR) is 114 cm³/mol. The molecular weight excluding hydrogens is 376 g/mol. The van der Waals surface area contributed by atoms with Gasteiger partial charge in [0.1, 0.15) is 10.7 Å². The van der Waals surface area contributed by atoms with Crippen LogP contribution in [0.4, 0.5) is 0 Å². The number of rotatable bonds is 4. The fourth-order valence-electron chi connectivity index (χ4n) is 3.40. The summed E-state index contributed by atoms with van der Waals surface area (Å²) >= 11 is 3.07. The zero-order chi connectivity index (χ0) is 18.8. The Labute approximate surface area is 166 Å². The Bertz CT molecular complexity index is 1040. The fourth-order valence-corrected chi connectivity index (χ4v) is 5.38. The van der Waals surface area contributed by atoms with Crippen LogP contribution >= 0.6 is 23.1 Å². The maximum absolute atomic E-state index is 12.6. The van der Waals surface area contributed by atoms with Crippen LogP contribution in [-0.2, 0) is 25.1 Å². The van der Waals surface area contributed by atoms with Crippen molar-refractivity contribution in [2.75, 3.05) is 0 Å². The summed E-state index contributed by atoms with van der Waals surface area (Å²) in [6, 6.07) is 9.99. The average molecular weight is 399 g/mol. The molecule has 0 unspecified atom stereocenters. The number of thiophene rings is 1. The van der Waals surface area contributed by atoms with Gasteiger partial charge in [-0.3, -0.25) is 9.79 Å². The molecule has 0 saturated heterocycles. The second-order valence-corrected chi connectivity index (χ2v) is 9.05. The molecule has 140 valence electrons. The lowest BCUT2D eigenvalue weighted by Crippen LogP contribution is -2.15. The highest BCUT2D eigenvalue weighted by Gasteiger charge is 2.23. The second-order valence-electron chi connectivity index (χ2n) is 6.97. The summed E-state index contributed by atoms with van der Waals surface area (Å²) in [6.45, 7) is 2.82. The SMILES string of the molecule is C[C@@H]1CCc2c(sc3nc(CSC(N)=NCc4ccccc4)[nH]c(=O)c23)C1. The minimum Gasteiger partial charge on any atom is -0.379 e. The molecule has 0 bridgehead atoms. The van der Waals surface area contributed by atoms with Crippen molar-refractivity contribution in [3.8, 4) is 0 Å². The molecule has 1 aromatic carbocycles. The zero-order valence-electron chi connectivity index (χ0n) is 15.2. The Morgan fingerprint density at radius 3 is 3.04 bits per heavy atom. The molecule has 1 aliphatic rings. The number of H-pyrrole nitrogens is 1. The zero-order valence-corrected chi connectivity index (χ0v) is 16.8. The summed E-state index contributed by atoms with van der Waals surface area (Å²) in [7, 11) is 0. The number of nitrogens with zero attached hydrogens (tertiary/aromatic N) is 2. The molecule has 0 saturated carbocycles. The lowest BCUT2D eigenvalue weighted by molar-refractivity contribution is 0.509. The highest BCUT2D eigenvalue weighted by molar-refractivity contribution is 8.13. The average Bonchev–Trinajstić information content (AvgIpc) is 3.03. The number of thioether (sulfide) groups is 1. The summed E-state index contributed by atoms with van der Waals surface area (Å²) in [4.78, 5) is 26.8. The van der Waals surface area contributed by atoms with E-state index in [1.165, 1.54) is 22.2 Å². The van der Waals surface area contributed by atoms with E-state index in [1.54, 1.807) is 11.3 Å². The standard InChI is InChI=1S/C20H22N4OS2/c1-12-7-8-14-15(9-12)27-19-17(14)18(25)23-16(24-19)11-26-20(21)22-10-13-5-3-2-4-6-13/h2-6,12H,7-11H2,1H3,(H2,21,22)(H,23,24,25)/t12-/m1/s1. The van der Waals surface area contributed by atoms with Crippen molar-refractivity contribution in [2.45, 2.75) is 38.5 Å². The minimum absolute atomic E-state index is 0.0255. The number of amidine groups is 1. The van der Waals surface area contributed by atoms with Gasteiger partial charge in [-0.1, -0.05) is 49.0 Å². The molecule has 0 fully saturated rings. The van der Waals surface area contributed by atoms with Crippen LogP contribution in [0.5, 0.6) is 0 Å². The smallest absolute Gasteiger partial charge is 0.259 e. The van der Waals surface area contributed by atoms with Gasteiger partial charge in [0.05, 0.1) is 17.7 Å². The first kappa shape index (κ1) is 18.3. The predicted octanol–water partition coefficient (Wildman–Crippen LogP) is 3.86. The van der Waals surface area contributed by atoms with Gasteiger partial charge < -0.3 is 10.7 Å². The Hall–Kier alpha value is -2.12. The minimum atomic E-state index is -0.0255. The van der Waals surface area contributed by atoms with Crippen molar-refractivity contribution in [3.63, 3.8) is 0 Å². The van der Waals surface area contributed by atoms with Gasteiger partial charge in [0.25, 0.3) is 5.56 Å². The van der Waals surface area contributed by atoms with E-state index in [1.807, 2.05) is 30.3 Å². The van der Waals surface area contributed by atoms with Gasteiger partial charge in [-0.25, -0.2) is 4.98 Å². The Kier molecular flexibility index (Phi) is 5.31. The van der Waals surface area contributed by atoms with E-state index in [0.717, 1.165) is 35.0 Å². The van der Waals surface area contributed by atoms with E-state index in [-0.39, 0.29) is 5.56 Å². The first-order valence-electron chi connectivity index (χ1n) is 9.10. The van der Waals surface area contributed by atoms with Gasteiger partial charge in [0.15, 0.2) is 5.17 Å². The van der Waals surface area contributed by atoms with Crippen molar-refractivity contribution in [2.24, 2.45) is 16.6 Å². The molecular formula is C20H22N4OS2. The molecule has 1 atom stereocenters. The monoisotopic (exact) mass is 398 g/mol. The molecule has 3 aromatic rings. The van der Waals surface area contributed by atoms with Crippen molar-refractivity contribution >= 4 is 38.5 Å². The van der Waals surface area contributed by atoms with E-state index in [2.05, 4.69) is 21.9 Å². The molecule has 0 spiro atoms. The van der Waals surface area contributed by atoms with Crippen molar-refractivity contribution in [1.29, 1.82) is 0 Å². The van der Waals surface area contributed by atoms with E-state index in [4.69, 9.17) is 5.73 Å². The lowest BCUT2D eigenvalue weighted by atomic mass is 9.89. The summed E-state index contributed by atoms with van der Waals surface area (Å²) in [5, 5.41) is 1.29. The molecule has 3 N–H and O–H groups in total. The van der Waals surface area contributed by atoms with Crippen LogP contribution in [0.3, 0.4) is 0 Å².